The normalized spacial score (nSPS) is 20.2. The fourth-order valence-electron chi connectivity index (χ4n) is 9.58. The van der Waals surface area contributed by atoms with E-state index in [0.29, 0.717) is 57.0 Å². The summed E-state index contributed by atoms with van der Waals surface area (Å²) in [4.78, 5) is 56.3. The summed E-state index contributed by atoms with van der Waals surface area (Å²) >= 11 is 0. The summed E-state index contributed by atoms with van der Waals surface area (Å²) in [6, 6.07) is 41.5. The number of piperazine rings is 1. The van der Waals surface area contributed by atoms with Crippen molar-refractivity contribution in [3.63, 3.8) is 0 Å². The van der Waals surface area contributed by atoms with Crippen molar-refractivity contribution in [3.8, 4) is 11.5 Å². The Morgan fingerprint density at radius 2 is 1.46 bits per heavy atom. The van der Waals surface area contributed by atoms with E-state index in [0.717, 1.165) is 67.3 Å². The molecular weight excluding hydrogens is 765 g/mol. The van der Waals surface area contributed by atoms with Gasteiger partial charge in [-0.2, -0.15) is 0 Å². The molecule has 3 amide bonds. The van der Waals surface area contributed by atoms with Gasteiger partial charge in [-0.25, -0.2) is 0 Å². The van der Waals surface area contributed by atoms with Gasteiger partial charge in [-0.3, -0.25) is 29.4 Å². The number of rotatable bonds is 14. The van der Waals surface area contributed by atoms with Gasteiger partial charge >= 0.3 is 0 Å². The van der Waals surface area contributed by atoms with E-state index < -0.39 is 11.9 Å². The summed E-state index contributed by atoms with van der Waals surface area (Å²) in [6.07, 6.45) is 3.76. The molecule has 2 fully saturated rings. The van der Waals surface area contributed by atoms with E-state index in [-0.39, 0.29) is 29.9 Å². The number of fused-ring (bicyclic) bond motifs is 2. The third-order valence-electron chi connectivity index (χ3n) is 12.8. The zero-order chi connectivity index (χ0) is 41.7. The maximum absolute atomic E-state index is 13.1. The Hall–Kier alpha value is -6.26. The summed E-state index contributed by atoms with van der Waals surface area (Å²) in [5, 5.41) is 2.36. The quantitative estimate of drug-likeness (QED) is 0.0911. The van der Waals surface area contributed by atoms with Gasteiger partial charge in [-0.1, -0.05) is 78.9 Å². The molecule has 2 saturated heterocycles. The number of nitrogens with one attached hydrogen (secondary N) is 1. The highest BCUT2D eigenvalue weighted by molar-refractivity contribution is 6.05. The number of piperidine rings is 1. The second-order valence-electron chi connectivity index (χ2n) is 16.7. The number of anilines is 1. The van der Waals surface area contributed by atoms with Crippen molar-refractivity contribution in [2.75, 3.05) is 44.2 Å². The largest absolute Gasteiger partial charge is 0.494 e. The molecule has 3 atom stereocenters. The SMILES string of the molecule is O=C(CCCOc1ccc([C@@H]2c3ccc(OCc4ccccc4)cc3CC[C@@H]2c2ccccc2)cc1)CN1CCN(c2ccc3c(c2)CN(C2CCC(=O)NC2=O)C3=O)CC1. The van der Waals surface area contributed by atoms with Gasteiger partial charge in [-0.05, 0) is 107 Å². The van der Waals surface area contributed by atoms with Crippen LogP contribution in [0.3, 0.4) is 0 Å². The fraction of sp³-hybridized carbons (Fsp3) is 0.333. The molecule has 0 aromatic heterocycles. The molecule has 9 rings (SSSR count). The van der Waals surface area contributed by atoms with Crippen LogP contribution in [0.5, 0.6) is 11.5 Å². The topological polar surface area (TPSA) is 108 Å². The van der Waals surface area contributed by atoms with Crippen LogP contribution in [-0.2, 0) is 34.0 Å². The number of carbonyl (C=O) groups excluding carboxylic acids is 4. The van der Waals surface area contributed by atoms with Crippen LogP contribution in [0.2, 0.25) is 0 Å². The number of Topliss-reactive ketones (excluding diaryl/α,β-unsaturated/α-hetero) is 1. The van der Waals surface area contributed by atoms with E-state index in [1.54, 1.807) is 4.90 Å². The minimum atomic E-state index is -0.623. The molecule has 1 aliphatic carbocycles. The van der Waals surface area contributed by atoms with Gasteiger partial charge in [0.05, 0.1) is 13.2 Å². The summed E-state index contributed by atoms with van der Waals surface area (Å²) < 4.78 is 12.4. The van der Waals surface area contributed by atoms with Crippen LogP contribution in [0, 0.1) is 0 Å². The molecule has 0 saturated carbocycles. The van der Waals surface area contributed by atoms with E-state index in [1.165, 1.54) is 22.3 Å². The number of nitrogens with zero attached hydrogens (tertiary/aromatic N) is 3. The number of hydrogen-bond donors (Lipinski definition) is 1. The summed E-state index contributed by atoms with van der Waals surface area (Å²) in [5.41, 5.74) is 9.01. The van der Waals surface area contributed by atoms with Crippen molar-refractivity contribution in [3.05, 3.63) is 160 Å². The molecule has 312 valence electrons. The molecule has 0 spiro atoms. The molecule has 0 radical (unpaired) electrons. The molecule has 1 N–H and O–H groups in total. The Bertz CT molecular complexity index is 2380. The number of carbonyl (C=O) groups is 4. The summed E-state index contributed by atoms with van der Waals surface area (Å²) in [7, 11) is 0. The second kappa shape index (κ2) is 18.2. The van der Waals surface area contributed by atoms with E-state index in [9.17, 15) is 19.2 Å². The Morgan fingerprint density at radius 1 is 0.705 bits per heavy atom. The second-order valence-corrected chi connectivity index (χ2v) is 16.7. The van der Waals surface area contributed by atoms with Gasteiger partial charge in [-0.15, -0.1) is 0 Å². The van der Waals surface area contributed by atoms with Crippen molar-refractivity contribution in [1.29, 1.82) is 0 Å². The molecule has 61 heavy (non-hydrogen) atoms. The van der Waals surface area contributed by atoms with Crippen LogP contribution in [0.1, 0.15) is 87.7 Å². The predicted octanol–water partition coefficient (Wildman–Crippen LogP) is 7.44. The van der Waals surface area contributed by atoms with E-state index in [4.69, 9.17) is 9.47 Å². The number of ketones is 1. The zero-order valence-electron chi connectivity index (χ0n) is 34.5. The van der Waals surface area contributed by atoms with Gasteiger partial charge in [0.1, 0.15) is 29.9 Å². The van der Waals surface area contributed by atoms with Crippen molar-refractivity contribution in [2.45, 2.75) is 69.6 Å². The number of imide groups is 1. The zero-order valence-corrected chi connectivity index (χ0v) is 34.5. The molecule has 4 aliphatic rings. The summed E-state index contributed by atoms with van der Waals surface area (Å²) in [5.74, 6) is 1.64. The van der Waals surface area contributed by atoms with Crippen LogP contribution >= 0.6 is 0 Å². The number of aryl methyl sites for hydroxylation is 1. The highest BCUT2D eigenvalue weighted by atomic mass is 16.5. The highest BCUT2D eigenvalue weighted by Crippen LogP contribution is 2.47. The van der Waals surface area contributed by atoms with E-state index in [2.05, 4.69) is 100 Å². The van der Waals surface area contributed by atoms with Crippen molar-refractivity contribution in [1.82, 2.24) is 15.1 Å². The molecule has 5 aromatic carbocycles. The first-order valence-electron chi connectivity index (χ1n) is 21.7. The lowest BCUT2D eigenvalue weighted by molar-refractivity contribution is -0.137. The van der Waals surface area contributed by atoms with Gasteiger partial charge in [0.15, 0.2) is 0 Å². The number of ether oxygens (including phenoxy) is 2. The Morgan fingerprint density at radius 3 is 2.23 bits per heavy atom. The van der Waals surface area contributed by atoms with Gasteiger partial charge < -0.3 is 19.3 Å². The molecule has 1 unspecified atom stereocenters. The molecule has 10 nitrogen and oxygen atoms in total. The molecule has 5 aromatic rings. The van der Waals surface area contributed by atoms with Crippen molar-refractivity contribution < 1.29 is 28.7 Å². The monoisotopic (exact) mass is 816 g/mol. The van der Waals surface area contributed by atoms with Crippen LogP contribution in [0.25, 0.3) is 0 Å². The van der Waals surface area contributed by atoms with Gasteiger partial charge in [0, 0.05) is 62.7 Å². The van der Waals surface area contributed by atoms with Gasteiger partial charge in [0.2, 0.25) is 11.8 Å². The Kier molecular flexibility index (Phi) is 12.0. The lowest BCUT2D eigenvalue weighted by Gasteiger charge is -2.36. The highest BCUT2D eigenvalue weighted by Gasteiger charge is 2.39. The average Bonchev–Trinajstić information content (AvgIpc) is 3.62. The third-order valence-corrected chi connectivity index (χ3v) is 12.8. The number of amides is 3. The van der Waals surface area contributed by atoms with Crippen LogP contribution < -0.4 is 19.7 Å². The smallest absolute Gasteiger partial charge is 0.255 e. The molecule has 3 aliphatic heterocycles. The minimum absolute atomic E-state index is 0.165. The fourth-order valence-corrected chi connectivity index (χ4v) is 9.58. The first-order chi connectivity index (χ1) is 29.9. The first-order valence-corrected chi connectivity index (χ1v) is 21.7. The van der Waals surface area contributed by atoms with Crippen molar-refractivity contribution in [2.24, 2.45) is 0 Å². The van der Waals surface area contributed by atoms with Gasteiger partial charge in [0.25, 0.3) is 5.91 Å². The first kappa shape index (κ1) is 40.2. The minimum Gasteiger partial charge on any atom is -0.494 e. The molecule has 10 heteroatoms. The predicted molar refractivity (Wildman–Crippen MR) is 234 cm³/mol. The molecule has 3 heterocycles. The van der Waals surface area contributed by atoms with Crippen LogP contribution in [0.15, 0.2) is 121 Å². The average molecular weight is 817 g/mol. The van der Waals surface area contributed by atoms with Crippen LogP contribution in [0.4, 0.5) is 5.69 Å². The lowest BCUT2D eigenvalue weighted by Crippen LogP contribution is -2.52. The molecular formula is C51H52N4O6. The van der Waals surface area contributed by atoms with E-state index >= 15 is 0 Å². The Labute approximate surface area is 357 Å². The molecule has 0 bridgehead atoms. The van der Waals surface area contributed by atoms with Crippen molar-refractivity contribution >= 4 is 29.2 Å². The van der Waals surface area contributed by atoms with E-state index in [1.807, 2.05) is 36.4 Å². The summed E-state index contributed by atoms with van der Waals surface area (Å²) in [6.45, 7) is 4.90. The standard InChI is InChI=1S/C51H52N4O6/c56-41(33-53-25-27-54(28-26-53)40-16-21-46-39(30-40)32-55(51(46)59)47-23-24-48(57)52-50(47)58)12-7-29-60-42-17-13-37(14-18-42)49-44(36-10-5-2-6-11-36)20-15-38-31-43(19-22-45(38)49)61-34-35-8-3-1-4-9-35/h1-6,8-11,13-14,16-19,21-22,30-31,44,47,49H,7,12,15,20,23-29,32-34H2,(H,52,57,58)/t44-,47?,49+/m1/s1. The number of benzene rings is 5. The maximum Gasteiger partial charge on any atom is 0.255 e. The lowest BCUT2D eigenvalue weighted by atomic mass is 9.69. The number of hydrogen-bond acceptors (Lipinski definition) is 8. The Balaban J connectivity index is 0.744. The van der Waals surface area contributed by atoms with Crippen LogP contribution in [-0.4, -0.2) is 78.7 Å². The third kappa shape index (κ3) is 9.10. The maximum atomic E-state index is 13.1.